The third-order valence-electron chi connectivity index (χ3n) is 4.40. The number of carbonyl (C=O) groups is 1. The first-order valence-corrected chi connectivity index (χ1v) is 7.73. The summed E-state index contributed by atoms with van der Waals surface area (Å²) in [4.78, 5) is 12.1. The first kappa shape index (κ1) is 15.0. The van der Waals surface area contributed by atoms with Crippen molar-refractivity contribution in [1.82, 2.24) is 5.32 Å². The summed E-state index contributed by atoms with van der Waals surface area (Å²) in [5.41, 5.74) is 6.99. The number of nitrogens with one attached hydrogen (secondary N) is 1. The summed E-state index contributed by atoms with van der Waals surface area (Å²) in [5, 5.41) is 3.04. The zero-order chi connectivity index (χ0) is 14.4. The van der Waals surface area contributed by atoms with E-state index in [1.165, 1.54) is 5.56 Å². The fourth-order valence-corrected chi connectivity index (χ4v) is 2.92. The molecule has 1 aliphatic rings. The Morgan fingerprint density at radius 2 is 1.90 bits per heavy atom. The predicted octanol–water partition coefficient (Wildman–Crippen LogP) is 2.67. The zero-order valence-corrected chi connectivity index (χ0v) is 12.3. The molecular formula is C17H26N2O. The molecule has 0 radical (unpaired) electrons. The molecule has 0 aliphatic heterocycles. The molecule has 0 saturated heterocycles. The number of hydrogen-bond donors (Lipinski definition) is 2. The monoisotopic (exact) mass is 274 g/mol. The summed E-state index contributed by atoms with van der Waals surface area (Å²) < 4.78 is 0. The third kappa shape index (κ3) is 4.07. The third-order valence-corrected chi connectivity index (χ3v) is 4.40. The van der Waals surface area contributed by atoms with Crippen LogP contribution in [0.3, 0.4) is 0 Å². The average molecular weight is 274 g/mol. The Kier molecular flexibility index (Phi) is 5.60. The Hall–Kier alpha value is -1.35. The maximum Gasteiger partial charge on any atom is 0.223 e. The van der Waals surface area contributed by atoms with Gasteiger partial charge >= 0.3 is 0 Å². The number of hydrogen-bond acceptors (Lipinski definition) is 2. The second kappa shape index (κ2) is 7.44. The number of amides is 1. The van der Waals surface area contributed by atoms with Crippen LogP contribution in [0.25, 0.3) is 0 Å². The lowest BCUT2D eigenvalue weighted by Gasteiger charge is -2.28. The highest BCUT2D eigenvalue weighted by atomic mass is 16.1. The van der Waals surface area contributed by atoms with Crippen LogP contribution in [-0.4, -0.2) is 19.0 Å². The summed E-state index contributed by atoms with van der Waals surface area (Å²) >= 11 is 0. The summed E-state index contributed by atoms with van der Waals surface area (Å²) in [6.07, 6.45) is 4.24. The minimum atomic E-state index is 0.194. The van der Waals surface area contributed by atoms with Gasteiger partial charge in [0.2, 0.25) is 5.91 Å². The molecule has 0 aromatic heterocycles. The van der Waals surface area contributed by atoms with Gasteiger partial charge in [-0.3, -0.25) is 4.79 Å². The second-order valence-corrected chi connectivity index (χ2v) is 6.05. The normalized spacial score (nSPS) is 24.1. The molecule has 1 aliphatic carbocycles. The molecule has 3 N–H and O–H groups in total. The van der Waals surface area contributed by atoms with Gasteiger partial charge < -0.3 is 11.1 Å². The molecular weight excluding hydrogens is 248 g/mol. The Morgan fingerprint density at radius 3 is 2.50 bits per heavy atom. The van der Waals surface area contributed by atoms with E-state index in [-0.39, 0.29) is 11.8 Å². The quantitative estimate of drug-likeness (QED) is 0.867. The maximum absolute atomic E-state index is 12.1. The molecule has 2 rings (SSSR count). The lowest BCUT2D eigenvalue weighted by Crippen LogP contribution is -2.36. The van der Waals surface area contributed by atoms with Gasteiger partial charge in [0.15, 0.2) is 0 Å². The number of carbonyl (C=O) groups excluding carboxylic acids is 1. The van der Waals surface area contributed by atoms with Gasteiger partial charge in [-0.1, -0.05) is 37.3 Å². The van der Waals surface area contributed by atoms with Crippen molar-refractivity contribution in [1.29, 1.82) is 0 Å². The highest BCUT2D eigenvalue weighted by molar-refractivity contribution is 5.78. The van der Waals surface area contributed by atoms with Crippen molar-refractivity contribution >= 4 is 5.91 Å². The number of rotatable bonds is 5. The molecule has 1 unspecified atom stereocenters. The molecule has 0 bridgehead atoms. The highest BCUT2D eigenvalue weighted by Gasteiger charge is 2.26. The average Bonchev–Trinajstić information content (AvgIpc) is 2.53. The SMILES string of the molecule is CC(CN)CNC(=O)C1CCC(c2ccccc2)CC1. The van der Waals surface area contributed by atoms with Crippen LogP contribution in [0.15, 0.2) is 30.3 Å². The van der Waals surface area contributed by atoms with Gasteiger partial charge in [0.1, 0.15) is 0 Å². The van der Waals surface area contributed by atoms with Gasteiger partial charge in [0.05, 0.1) is 0 Å². The summed E-state index contributed by atoms with van der Waals surface area (Å²) in [6, 6.07) is 10.7. The Balaban J connectivity index is 1.78. The van der Waals surface area contributed by atoms with E-state index in [1.54, 1.807) is 0 Å². The smallest absolute Gasteiger partial charge is 0.223 e. The van der Waals surface area contributed by atoms with Gasteiger partial charge in [-0.05, 0) is 49.6 Å². The fourth-order valence-electron chi connectivity index (χ4n) is 2.92. The van der Waals surface area contributed by atoms with E-state index in [9.17, 15) is 4.79 Å². The number of nitrogens with two attached hydrogens (primary N) is 1. The van der Waals surface area contributed by atoms with Crippen LogP contribution in [0.2, 0.25) is 0 Å². The van der Waals surface area contributed by atoms with Crippen molar-refractivity contribution in [3.05, 3.63) is 35.9 Å². The van der Waals surface area contributed by atoms with E-state index < -0.39 is 0 Å². The molecule has 3 heteroatoms. The Labute approximate surface area is 121 Å². The lowest BCUT2D eigenvalue weighted by molar-refractivity contribution is -0.126. The molecule has 1 amide bonds. The first-order chi connectivity index (χ1) is 9.70. The van der Waals surface area contributed by atoms with E-state index in [0.29, 0.717) is 24.9 Å². The predicted molar refractivity (Wildman–Crippen MR) is 82.4 cm³/mol. The van der Waals surface area contributed by atoms with Crippen molar-refractivity contribution in [3.63, 3.8) is 0 Å². The van der Waals surface area contributed by atoms with Crippen LogP contribution < -0.4 is 11.1 Å². The molecule has 3 nitrogen and oxygen atoms in total. The molecule has 20 heavy (non-hydrogen) atoms. The van der Waals surface area contributed by atoms with Crippen molar-refractivity contribution in [2.24, 2.45) is 17.6 Å². The van der Waals surface area contributed by atoms with Crippen LogP contribution in [0.4, 0.5) is 0 Å². The maximum atomic E-state index is 12.1. The minimum Gasteiger partial charge on any atom is -0.356 e. The Bertz CT molecular complexity index is 410. The lowest BCUT2D eigenvalue weighted by atomic mass is 9.78. The van der Waals surface area contributed by atoms with E-state index in [2.05, 4.69) is 42.6 Å². The molecule has 0 heterocycles. The minimum absolute atomic E-state index is 0.194. The summed E-state index contributed by atoms with van der Waals surface area (Å²) in [7, 11) is 0. The fraction of sp³-hybridized carbons (Fsp3) is 0.588. The van der Waals surface area contributed by atoms with Gasteiger partial charge in [0.25, 0.3) is 0 Å². The van der Waals surface area contributed by atoms with E-state index in [4.69, 9.17) is 5.73 Å². The van der Waals surface area contributed by atoms with Crippen LogP contribution in [0.5, 0.6) is 0 Å². The van der Waals surface area contributed by atoms with Gasteiger partial charge in [0, 0.05) is 12.5 Å². The van der Waals surface area contributed by atoms with Crippen LogP contribution in [0.1, 0.15) is 44.1 Å². The van der Waals surface area contributed by atoms with Crippen LogP contribution in [0, 0.1) is 11.8 Å². The van der Waals surface area contributed by atoms with Crippen molar-refractivity contribution in [2.75, 3.05) is 13.1 Å². The van der Waals surface area contributed by atoms with E-state index in [0.717, 1.165) is 25.7 Å². The van der Waals surface area contributed by atoms with Crippen molar-refractivity contribution in [3.8, 4) is 0 Å². The van der Waals surface area contributed by atoms with E-state index >= 15 is 0 Å². The molecule has 1 aromatic rings. The largest absolute Gasteiger partial charge is 0.356 e. The zero-order valence-electron chi connectivity index (χ0n) is 12.3. The molecule has 1 saturated carbocycles. The Morgan fingerprint density at radius 1 is 1.25 bits per heavy atom. The van der Waals surface area contributed by atoms with Crippen molar-refractivity contribution in [2.45, 2.75) is 38.5 Å². The molecule has 1 aromatic carbocycles. The molecule has 0 spiro atoms. The molecule has 110 valence electrons. The topological polar surface area (TPSA) is 55.1 Å². The summed E-state index contributed by atoms with van der Waals surface area (Å²) in [5.74, 6) is 1.40. The van der Waals surface area contributed by atoms with E-state index in [1.807, 2.05) is 0 Å². The number of benzene rings is 1. The highest BCUT2D eigenvalue weighted by Crippen LogP contribution is 2.35. The molecule has 1 atom stereocenters. The van der Waals surface area contributed by atoms with Crippen molar-refractivity contribution < 1.29 is 4.79 Å². The second-order valence-electron chi connectivity index (χ2n) is 6.05. The molecule has 1 fully saturated rings. The van der Waals surface area contributed by atoms with Crippen LogP contribution in [-0.2, 0) is 4.79 Å². The summed E-state index contributed by atoms with van der Waals surface area (Å²) in [6.45, 7) is 3.39. The first-order valence-electron chi connectivity index (χ1n) is 7.73. The van der Waals surface area contributed by atoms with Gasteiger partial charge in [-0.15, -0.1) is 0 Å². The van der Waals surface area contributed by atoms with Crippen LogP contribution >= 0.6 is 0 Å². The van der Waals surface area contributed by atoms with Gasteiger partial charge in [-0.2, -0.15) is 0 Å². The van der Waals surface area contributed by atoms with Gasteiger partial charge in [-0.25, -0.2) is 0 Å². The standard InChI is InChI=1S/C17H26N2O/c1-13(11-18)12-19-17(20)16-9-7-15(8-10-16)14-5-3-2-4-6-14/h2-6,13,15-16H,7-12,18H2,1H3,(H,19,20).